The number of fused-ring (bicyclic) bond motifs is 13. The van der Waals surface area contributed by atoms with Crippen LogP contribution in [0.25, 0.3) is 98.4 Å². The summed E-state index contributed by atoms with van der Waals surface area (Å²) >= 11 is 0. The smallest absolute Gasteiger partial charge is 0.0619 e. The SMILES string of the molecule is c1ccc2c(c1)-c1ccccc1C21c2cc(-c3ccc4ccc5cccc6ccc3c4c56)cc(-c3ccc4ccccc4c3)c2-c2ccc3ccccc3c21. The molecule has 252 valence electrons. The minimum absolute atomic E-state index is 0.496. The molecule has 55 heavy (non-hydrogen) atoms. The molecule has 0 heterocycles. The third-order valence-electron chi connectivity index (χ3n) is 13.0. The van der Waals surface area contributed by atoms with Crippen LogP contribution < -0.4 is 0 Å². The van der Waals surface area contributed by atoms with Crippen molar-refractivity contribution in [3.63, 3.8) is 0 Å². The van der Waals surface area contributed by atoms with Gasteiger partial charge in [-0.2, -0.15) is 0 Å². The molecule has 2 aliphatic rings. The van der Waals surface area contributed by atoms with Crippen molar-refractivity contribution in [3.05, 3.63) is 216 Å². The standard InChI is InChI=1S/C55H32/c1-2-12-38-30-39(23-20-33(38)10-1)47-31-40(41-27-25-37-22-21-35-13-9-14-36-26-28-45(41)52(37)51(35)36)32-50-53(47)46-29-24-34-11-3-4-15-42(34)54(46)55(50)48-18-7-5-16-43(48)44-17-6-8-19-49(44)55/h1-32H. The molecular formula is C55H32. The number of benzene rings is 11. The third-order valence-corrected chi connectivity index (χ3v) is 13.0. The molecule has 0 heteroatoms. The average Bonchev–Trinajstić information content (AvgIpc) is 3.72. The van der Waals surface area contributed by atoms with Crippen LogP contribution in [0.15, 0.2) is 194 Å². The Kier molecular flexibility index (Phi) is 5.65. The Labute approximate surface area is 318 Å². The molecule has 1 spiro atoms. The van der Waals surface area contributed by atoms with Crippen molar-refractivity contribution in [2.45, 2.75) is 5.41 Å². The lowest BCUT2D eigenvalue weighted by atomic mass is 9.69. The molecule has 0 aliphatic heterocycles. The quantitative estimate of drug-likeness (QED) is 0.158. The van der Waals surface area contributed by atoms with Gasteiger partial charge in [-0.25, -0.2) is 0 Å². The minimum atomic E-state index is -0.496. The van der Waals surface area contributed by atoms with E-state index >= 15 is 0 Å². The highest BCUT2D eigenvalue weighted by Gasteiger charge is 2.53. The van der Waals surface area contributed by atoms with Gasteiger partial charge in [0.25, 0.3) is 0 Å². The van der Waals surface area contributed by atoms with Crippen molar-refractivity contribution in [3.8, 4) is 44.5 Å². The van der Waals surface area contributed by atoms with Crippen LogP contribution in [0.4, 0.5) is 0 Å². The van der Waals surface area contributed by atoms with E-state index in [2.05, 4.69) is 194 Å². The van der Waals surface area contributed by atoms with E-state index in [1.165, 1.54) is 121 Å². The summed E-state index contributed by atoms with van der Waals surface area (Å²) in [6.07, 6.45) is 0. The van der Waals surface area contributed by atoms with Crippen LogP contribution >= 0.6 is 0 Å². The van der Waals surface area contributed by atoms with Gasteiger partial charge >= 0.3 is 0 Å². The van der Waals surface area contributed by atoms with E-state index in [4.69, 9.17) is 0 Å². The molecule has 0 aromatic heterocycles. The van der Waals surface area contributed by atoms with E-state index in [0.29, 0.717) is 0 Å². The van der Waals surface area contributed by atoms with E-state index in [9.17, 15) is 0 Å². The van der Waals surface area contributed by atoms with Crippen LogP contribution in [0.2, 0.25) is 0 Å². The zero-order valence-electron chi connectivity index (χ0n) is 30.0. The largest absolute Gasteiger partial charge is 0.0731 e. The molecule has 0 atom stereocenters. The maximum Gasteiger partial charge on any atom is 0.0731 e. The first-order valence-corrected chi connectivity index (χ1v) is 19.3. The van der Waals surface area contributed by atoms with Crippen LogP contribution in [0, 0.1) is 0 Å². The summed E-state index contributed by atoms with van der Waals surface area (Å²) in [5, 5.41) is 13.0. The van der Waals surface area contributed by atoms with E-state index in [-0.39, 0.29) is 0 Å². The van der Waals surface area contributed by atoms with Gasteiger partial charge in [0, 0.05) is 0 Å². The summed E-state index contributed by atoms with van der Waals surface area (Å²) in [6, 6.07) is 73.6. The average molecular weight is 693 g/mol. The van der Waals surface area contributed by atoms with E-state index in [1.54, 1.807) is 0 Å². The summed E-state index contributed by atoms with van der Waals surface area (Å²) in [4.78, 5) is 0. The molecule has 0 radical (unpaired) electrons. The van der Waals surface area contributed by atoms with Crippen LogP contribution in [0.5, 0.6) is 0 Å². The maximum absolute atomic E-state index is 2.57. The van der Waals surface area contributed by atoms with Crippen molar-refractivity contribution >= 4 is 53.9 Å². The van der Waals surface area contributed by atoms with E-state index < -0.39 is 5.41 Å². The van der Waals surface area contributed by atoms with Gasteiger partial charge in [0.2, 0.25) is 0 Å². The van der Waals surface area contributed by atoms with Gasteiger partial charge in [-0.3, -0.25) is 0 Å². The molecule has 0 saturated carbocycles. The Morgan fingerprint density at radius 1 is 0.273 bits per heavy atom. The second-order valence-corrected chi connectivity index (χ2v) is 15.5. The lowest BCUT2D eigenvalue weighted by Crippen LogP contribution is -2.26. The number of rotatable bonds is 2. The number of hydrogen-bond acceptors (Lipinski definition) is 0. The Morgan fingerprint density at radius 3 is 1.65 bits per heavy atom. The summed E-state index contributed by atoms with van der Waals surface area (Å²) in [7, 11) is 0. The number of hydrogen-bond donors (Lipinski definition) is 0. The zero-order chi connectivity index (χ0) is 35.8. The lowest BCUT2D eigenvalue weighted by Gasteiger charge is -2.32. The molecular weight excluding hydrogens is 661 g/mol. The van der Waals surface area contributed by atoms with Gasteiger partial charge in [-0.1, -0.05) is 176 Å². The summed E-state index contributed by atoms with van der Waals surface area (Å²) in [5.74, 6) is 0. The van der Waals surface area contributed by atoms with Crippen molar-refractivity contribution in [2.75, 3.05) is 0 Å². The molecule has 0 nitrogen and oxygen atoms in total. The van der Waals surface area contributed by atoms with Crippen molar-refractivity contribution in [1.82, 2.24) is 0 Å². The topological polar surface area (TPSA) is 0 Å². The molecule has 11 aromatic carbocycles. The fraction of sp³-hybridized carbons (Fsp3) is 0.0182. The molecule has 0 saturated heterocycles. The van der Waals surface area contributed by atoms with Gasteiger partial charge < -0.3 is 0 Å². The van der Waals surface area contributed by atoms with Gasteiger partial charge in [0.05, 0.1) is 5.41 Å². The van der Waals surface area contributed by atoms with Crippen molar-refractivity contribution < 1.29 is 0 Å². The molecule has 13 rings (SSSR count). The fourth-order valence-electron chi connectivity index (χ4n) is 10.8. The Balaban J connectivity index is 1.23. The second-order valence-electron chi connectivity index (χ2n) is 15.5. The van der Waals surface area contributed by atoms with Crippen LogP contribution in [0.3, 0.4) is 0 Å². The molecule has 11 aromatic rings. The van der Waals surface area contributed by atoms with E-state index in [1.807, 2.05) is 0 Å². The Morgan fingerprint density at radius 2 is 0.855 bits per heavy atom. The first kappa shape index (κ1) is 29.4. The first-order chi connectivity index (χ1) is 27.3. The predicted molar refractivity (Wildman–Crippen MR) is 232 cm³/mol. The van der Waals surface area contributed by atoms with Gasteiger partial charge in [0.15, 0.2) is 0 Å². The molecule has 2 aliphatic carbocycles. The molecule has 0 bridgehead atoms. The highest BCUT2D eigenvalue weighted by molar-refractivity contribution is 6.25. The van der Waals surface area contributed by atoms with Crippen LogP contribution in [-0.2, 0) is 5.41 Å². The normalized spacial score (nSPS) is 13.6. The Hall–Kier alpha value is -7.02. The fourth-order valence-corrected chi connectivity index (χ4v) is 10.8. The zero-order valence-corrected chi connectivity index (χ0v) is 30.0. The molecule has 0 fully saturated rings. The summed E-state index contributed by atoms with van der Waals surface area (Å²) in [5.41, 5.74) is 15.3. The molecule has 0 unspecified atom stereocenters. The van der Waals surface area contributed by atoms with Crippen molar-refractivity contribution in [2.24, 2.45) is 0 Å². The van der Waals surface area contributed by atoms with Crippen LogP contribution in [0.1, 0.15) is 22.3 Å². The van der Waals surface area contributed by atoms with E-state index in [0.717, 1.165) is 0 Å². The second kappa shape index (κ2) is 10.6. The lowest BCUT2D eigenvalue weighted by molar-refractivity contribution is 0.802. The first-order valence-electron chi connectivity index (χ1n) is 19.3. The minimum Gasteiger partial charge on any atom is -0.0619 e. The highest BCUT2D eigenvalue weighted by atomic mass is 14.5. The summed E-state index contributed by atoms with van der Waals surface area (Å²) < 4.78 is 0. The predicted octanol–water partition coefficient (Wildman–Crippen LogP) is 14.6. The van der Waals surface area contributed by atoms with Gasteiger partial charge in [-0.05, 0) is 139 Å². The molecule has 0 N–H and O–H groups in total. The molecule has 0 amide bonds. The van der Waals surface area contributed by atoms with Crippen molar-refractivity contribution in [1.29, 1.82) is 0 Å². The highest BCUT2D eigenvalue weighted by Crippen LogP contribution is 2.66. The summed E-state index contributed by atoms with van der Waals surface area (Å²) in [6.45, 7) is 0. The van der Waals surface area contributed by atoms with Crippen LogP contribution in [-0.4, -0.2) is 0 Å². The monoisotopic (exact) mass is 692 g/mol. The Bertz CT molecular complexity index is 3370. The van der Waals surface area contributed by atoms with Gasteiger partial charge in [0.1, 0.15) is 0 Å². The van der Waals surface area contributed by atoms with Gasteiger partial charge in [-0.15, -0.1) is 0 Å². The third kappa shape index (κ3) is 3.71. The maximum atomic E-state index is 2.57.